The Hall–Kier alpha value is -0.240. The minimum absolute atomic E-state index is 0.243. The molecule has 0 bridgehead atoms. The Bertz CT molecular complexity index is 208. The van der Waals surface area contributed by atoms with Gasteiger partial charge in [-0.25, -0.2) is 0 Å². The zero-order chi connectivity index (χ0) is 10.3. The van der Waals surface area contributed by atoms with E-state index in [0.29, 0.717) is 0 Å². The predicted octanol–water partition coefficient (Wildman–Crippen LogP) is -1.81. The van der Waals surface area contributed by atoms with Gasteiger partial charge in [0.05, 0.1) is 6.61 Å². The number of rotatable bonds is 0. The Balaban J connectivity index is 2.08. The summed E-state index contributed by atoms with van der Waals surface area (Å²) >= 11 is 0. The molecule has 0 aromatic rings. The van der Waals surface area contributed by atoms with Crippen LogP contribution >= 0.6 is 0 Å². The van der Waals surface area contributed by atoms with E-state index in [1.165, 1.54) is 0 Å². The Morgan fingerprint density at radius 3 is 2.50 bits per heavy atom. The first-order valence-corrected chi connectivity index (χ1v) is 4.56. The number of aliphatic hydroxyl groups excluding tert-OH is 3. The normalized spacial score (nSPS) is 54.0. The van der Waals surface area contributed by atoms with Crippen LogP contribution in [0.4, 0.5) is 0 Å². The van der Waals surface area contributed by atoms with E-state index in [1.54, 1.807) is 6.92 Å². The van der Waals surface area contributed by atoms with Gasteiger partial charge in [0.1, 0.15) is 24.4 Å². The molecule has 0 aromatic carbocycles. The third-order valence-electron chi connectivity index (χ3n) is 2.50. The molecule has 82 valence electrons. The van der Waals surface area contributed by atoms with Gasteiger partial charge in [-0.1, -0.05) is 0 Å². The molecule has 0 saturated carbocycles. The summed E-state index contributed by atoms with van der Waals surface area (Å²) in [7, 11) is 0. The van der Waals surface area contributed by atoms with Crippen LogP contribution in [0.5, 0.6) is 0 Å². The molecule has 6 nitrogen and oxygen atoms in total. The summed E-state index contributed by atoms with van der Waals surface area (Å²) < 4.78 is 15.4. The molecule has 3 N–H and O–H groups in total. The van der Waals surface area contributed by atoms with Crippen LogP contribution in [0, 0.1) is 0 Å². The number of hydrogen-bond donors (Lipinski definition) is 3. The lowest BCUT2D eigenvalue weighted by Crippen LogP contribution is -2.62. The maximum atomic E-state index is 9.59. The Morgan fingerprint density at radius 2 is 1.79 bits per heavy atom. The lowest BCUT2D eigenvalue weighted by atomic mass is 9.98. The Labute approximate surface area is 81.0 Å². The van der Waals surface area contributed by atoms with Gasteiger partial charge in [-0.15, -0.1) is 0 Å². The molecule has 6 heteroatoms. The minimum Gasteiger partial charge on any atom is -0.387 e. The number of aliphatic hydroxyl groups is 3. The number of hydrogen-bond acceptors (Lipinski definition) is 6. The highest BCUT2D eigenvalue weighted by molar-refractivity contribution is 4.91. The van der Waals surface area contributed by atoms with E-state index in [9.17, 15) is 15.3 Å². The summed E-state index contributed by atoms with van der Waals surface area (Å²) in [5.41, 5.74) is 0. The fraction of sp³-hybridized carbons (Fsp3) is 1.00. The first kappa shape index (κ1) is 10.3. The summed E-state index contributed by atoms with van der Waals surface area (Å²) in [6.45, 7) is 1.94. The van der Waals surface area contributed by atoms with Crippen LogP contribution in [0.2, 0.25) is 0 Å². The molecular weight excluding hydrogens is 192 g/mol. The van der Waals surface area contributed by atoms with Gasteiger partial charge in [0.25, 0.3) is 0 Å². The molecule has 2 rings (SSSR count). The van der Waals surface area contributed by atoms with Crippen LogP contribution in [0.3, 0.4) is 0 Å². The topological polar surface area (TPSA) is 88.4 Å². The summed E-state index contributed by atoms with van der Waals surface area (Å²) in [6.07, 6.45) is -5.46. The molecule has 2 aliphatic heterocycles. The summed E-state index contributed by atoms with van der Waals surface area (Å²) in [5.74, 6) is 0. The number of fused-ring (bicyclic) bond motifs is 1. The molecule has 0 aromatic heterocycles. The molecule has 6 atom stereocenters. The third kappa shape index (κ3) is 1.65. The van der Waals surface area contributed by atoms with Crippen molar-refractivity contribution in [1.82, 2.24) is 0 Å². The van der Waals surface area contributed by atoms with Crippen molar-refractivity contribution >= 4 is 0 Å². The summed E-state index contributed by atoms with van der Waals surface area (Å²) in [6, 6.07) is 0. The SMILES string of the molecule is C[C@@H]1OC[C@@H]2O[C@H](O)[C@H](O)[C@H](O)[C@@H]2O1. The maximum absolute atomic E-state index is 9.59. The largest absolute Gasteiger partial charge is 0.387 e. The van der Waals surface area contributed by atoms with Gasteiger partial charge in [0.2, 0.25) is 0 Å². The van der Waals surface area contributed by atoms with E-state index in [2.05, 4.69) is 0 Å². The van der Waals surface area contributed by atoms with Crippen molar-refractivity contribution in [3.8, 4) is 0 Å². The van der Waals surface area contributed by atoms with Crippen molar-refractivity contribution in [2.24, 2.45) is 0 Å². The van der Waals surface area contributed by atoms with Gasteiger partial charge >= 0.3 is 0 Å². The lowest BCUT2D eigenvalue weighted by molar-refractivity contribution is -0.348. The van der Waals surface area contributed by atoms with Crippen LogP contribution in [-0.2, 0) is 14.2 Å². The number of ether oxygens (including phenoxy) is 3. The van der Waals surface area contributed by atoms with E-state index in [1.807, 2.05) is 0 Å². The van der Waals surface area contributed by atoms with Gasteiger partial charge in [-0.05, 0) is 6.92 Å². The molecule has 0 unspecified atom stereocenters. The van der Waals surface area contributed by atoms with E-state index in [4.69, 9.17) is 14.2 Å². The molecule has 0 radical (unpaired) electrons. The van der Waals surface area contributed by atoms with E-state index < -0.39 is 37.0 Å². The predicted molar refractivity (Wildman–Crippen MR) is 43.2 cm³/mol. The van der Waals surface area contributed by atoms with Crippen molar-refractivity contribution < 1.29 is 29.5 Å². The monoisotopic (exact) mass is 206 g/mol. The van der Waals surface area contributed by atoms with Gasteiger partial charge in [0, 0.05) is 0 Å². The van der Waals surface area contributed by atoms with E-state index in [0.717, 1.165) is 0 Å². The highest BCUT2D eigenvalue weighted by Gasteiger charge is 2.47. The van der Waals surface area contributed by atoms with E-state index >= 15 is 0 Å². The highest BCUT2D eigenvalue weighted by Crippen LogP contribution is 2.27. The van der Waals surface area contributed by atoms with Crippen LogP contribution in [0.1, 0.15) is 6.92 Å². The van der Waals surface area contributed by atoms with Crippen LogP contribution in [0.25, 0.3) is 0 Å². The average molecular weight is 206 g/mol. The molecule has 2 fully saturated rings. The van der Waals surface area contributed by atoms with Crippen LogP contribution in [-0.4, -0.2) is 58.9 Å². The van der Waals surface area contributed by atoms with Crippen molar-refractivity contribution in [2.45, 2.75) is 43.9 Å². The van der Waals surface area contributed by atoms with Gasteiger partial charge in [-0.3, -0.25) is 0 Å². The zero-order valence-electron chi connectivity index (χ0n) is 7.74. The minimum atomic E-state index is -1.38. The molecule has 2 aliphatic rings. The van der Waals surface area contributed by atoms with Crippen LogP contribution in [0.15, 0.2) is 0 Å². The third-order valence-corrected chi connectivity index (χ3v) is 2.50. The van der Waals surface area contributed by atoms with Gasteiger partial charge in [0.15, 0.2) is 12.6 Å². The first-order chi connectivity index (χ1) is 6.59. The smallest absolute Gasteiger partial charge is 0.184 e. The van der Waals surface area contributed by atoms with Crippen molar-refractivity contribution in [3.63, 3.8) is 0 Å². The molecule has 2 heterocycles. The van der Waals surface area contributed by atoms with Gasteiger partial charge in [-0.2, -0.15) is 0 Å². The second kappa shape index (κ2) is 3.73. The Kier molecular flexibility index (Phi) is 2.74. The Morgan fingerprint density at radius 1 is 1.07 bits per heavy atom. The second-order valence-electron chi connectivity index (χ2n) is 3.55. The standard InChI is InChI=1S/C8H14O6/c1-3-12-2-4-7(13-3)5(9)6(10)8(11)14-4/h3-11H,2H2,1H3/t3-,4+,5+,6-,7-,8+/m1/s1. The molecular formula is C8H14O6. The zero-order valence-corrected chi connectivity index (χ0v) is 7.74. The summed E-state index contributed by atoms with van der Waals surface area (Å²) in [4.78, 5) is 0. The van der Waals surface area contributed by atoms with Crippen molar-refractivity contribution in [2.75, 3.05) is 6.61 Å². The van der Waals surface area contributed by atoms with Crippen molar-refractivity contribution in [3.05, 3.63) is 0 Å². The molecule has 14 heavy (non-hydrogen) atoms. The van der Waals surface area contributed by atoms with Gasteiger partial charge < -0.3 is 29.5 Å². The van der Waals surface area contributed by atoms with Crippen molar-refractivity contribution in [1.29, 1.82) is 0 Å². The second-order valence-corrected chi connectivity index (χ2v) is 3.55. The first-order valence-electron chi connectivity index (χ1n) is 4.56. The maximum Gasteiger partial charge on any atom is 0.184 e. The highest BCUT2D eigenvalue weighted by atomic mass is 16.7. The molecule has 0 aliphatic carbocycles. The fourth-order valence-corrected chi connectivity index (χ4v) is 1.71. The molecule has 0 spiro atoms. The van der Waals surface area contributed by atoms with Crippen LogP contribution < -0.4 is 0 Å². The average Bonchev–Trinajstić information content (AvgIpc) is 2.16. The molecule has 2 saturated heterocycles. The summed E-state index contributed by atoms with van der Waals surface area (Å²) in [5, 5.41) is 28.1. The lowest BCUT2D eigenvalue weighted by Gasteiger charge is -2.44. The van der Waals surface area contributed by atoms with E-state index in [-0.39, 0.29) is 6.61 Å². The fourth-order valence-electron chi connectivity index (χ4n) is 1.71. The quantitative estimate of drug-likeness (QED) is 0.433. The molecule has 0 amide bonds.